The second-order valence-electron chi connectivity index (χ2n) is 4.22. The van der Waals surface area contributed by atoms with Crippen LogP contribution in [0.4, 0.5) is 5.82 Å². The van der Waals surface area contributed by atoms with Crippen molar-refractivity contribution in [2.24, 2.45) is 5.92 Å². The average molecular weight is 301 g/mol. The van der Waals surface area contributed by atoms with E-state index in [2.05, 4.69) is 50.4 Å². The Balaban J connectivity index is 2.51. The molecule has 0 fully saturated rings. The first kappa shape index (κ1) is 13.9. The van der Waals surface area contributed by atoms with Crippen LogP contribution in [0.15, 0.2) is 17.0 Å². The smallest absolute Gasteiger partial charge is 0.242 e. The highest BCUT2D eigenvalue weighted by molar-refractivity contribution is 9.10. The van der Waals surface area contributed by atoms with Crippen molar-refractivity contribution in [1.29, 1.82) is 0 Å². The molecule has 0 radical (unpaired) electrons. The van der Waals surface area contributed by atoms with Gasteiger partial charge in [-0.2, -0.15) is 0 Å². The largest absolute Gasteiger partial charge is 0.358 e. The van der Waals surface area contributed by atoms with Crippen LogP contribution in [0.25, 0.3) is 0 Å². The van der Waals surface area contributed by atoms with Crippen LogP contribution < -0.4 is 10.6 Å². The number of halogens is 1. The number of hydrogen-bond donors (Lipinski definition) is 2. The summed E-state index contributed by atoms with van der Waals surface area (Å²) in [5.74, 6) is 1.02. The molecule has 6 heteroatoms. The summed E-state index contributed by atoms with van der Waals surface area (Å²) in [6, 6.07) is -0.333. The molecule has 94 valence electrons. The molecule has 0 aromatic carbocycles. The SMILES string of the molecule is CC(C)CNC(=O)C(C)Nc1ncncc1Br. The summed E-state index contributed by atoms with van der Waals surface area (Å²) in [4.78, 5) is 19.6. The molecule has 1 unspecified atom stereocenters. The zero-order valence-electron chi connectivity index (χ0n) is 10.2. The minimum Gasteiger partial charge on any atom is -0.358 e. The van der Waals surface area contributed by atoms with Crippen LogP contribution in [-0.4, -0.2) is 28.5 Å². The van der Waals surface area contributed by atoms with Crippen molar-refractivity contribution in [3.8, 4) is 0 Å². The lowest BCUT2D eigenvalue weighted by Gasteiger charge is -2.16. The molecule has 0 aliphatic carbocycles. The molecule has 0 bridgehead atoms. The van der Waals surface area contributed by atoms with Gasteiger partial charge in [-0.1, -0.05) is 13.8 Å². The fourth-order valence-electron chi connectivity index (χ4n) is 1.15. The van der Waals surface area contributed by atoms with E-state index in [4.69, 9.17) is 0 Å². The van der Waals surface area contributed by atoms with Crippen LogP contribution in [0.5, 0.6) is 0 Å². The summed E-state index contributed by atoms with van der Waals surface area (Å²) in [7, 11) is 0. The first-order chi connectivity index (χ1) is 8.00. The maximum absolute atomic E-state index is 11.7. The van der Waals surface area contributed by atoms with Crippen molar-refractivity contribution >= 4 is 27.7 Å². The highest BCUT2D eigenvalue weighted by Gasteiger charge is 2.14. The van der Waals surface area contributed by atoms with Gasteiger partial charge in [0.2, 0.25) is 5.91 Å². The molecule has 1 rings (SSSR count). The molecule has 1 amide bonds. The summed E-state index contributed by atoms with van der Waals surface area (Å²) in [5, 5.41) is 5.89. The van der Waals surface area contributed by atoms with Gasteiger partial charge in [0, 0.05) is 12.7 Å². The van der Waals surface area contributed by atoms with Gasteiger partial charge in [0.1, 0.15) is 18.2 Å². The van der Waals surface area contributed by atoms with Gasteiger partial charge in [0.15, 0.2) is 0 Å². The van der Waals surface area contributed by atoms with E-state index in [-0.39, 0.29) is 11.9 Å². The zero-order valence-corrected chi connectivity index (χ0v) is 11.8. The van der Waals surface area contributed by atoms with E-state index in [1.165, 1.54) is 6.33 Å². The number of rotatable bonds is 5. The van der Waals surface area contributed by atoms with E-state index in [1.54, 1.807) is 13.1 Å². The Hall–Kier alpha value is -1.17. The summed E-state index contributed by atoms with van der Waals surface area (Å²) < 4.78 is 0.739. The van der Waals surface area contributed by atoms with Gasteiger partial charge in [-0.05, 0) is 28.8 Å². The molecule has 0 saturated carbocycles. The second kappa shape index (κ2) is 6.54. The maximum Gasteiger partial charge on any atom is 0.242 e. The van der Waals surface area contributed by atoms with E-state index < -0.39 is 0 Å². The molecule has 0 spiro atoms. The number of anilines is 1. The van der Waals surface area contributed by atoms with E-state index in [0.29, 0.717) is 18.3 Å². The Labute approximate surface area is 110 Å². The molecular formula is C11H17BrN4O. The predicted octanol–water partition coefficient (Wildman–Crippen LogP) is 1.81. The normalized spacial score (nSPS) is 12.3. The molecular weight excluding hydrogens is 284 g/mol. The third kappa shape index (κ3) is 4.68. The van der Waals surface area contributed by atoms with Gasteiger partial charge < -0.3 is 10.6 Å². The average Bonchev–Trinajstić information content (AvgIpc) is 2.28. The molecule has 2 N–H and O–H groups in total. The third-order valence-electron chi connectivity index (χ3n) is 2.10. The lowest BCUT2D eigenvalue weighted by Crippen LogP contribution is -2.39. The van der Waals surface area contributed by atoms with E-state index in [0.717, 1.165) is 4.47 Å². The Morgan fingerprint density at radius 1 is 1.47 bits per heavy atom. The Morgan fingerprint density at radius 2 is 2.18 bits per heavy atom. The van der Waals surface area contributed by atoms with Gasteiger partial charge in [-0.25, -0.2) is 9.97 Å². The molecule has 1 aromatic rings. The molecule has 17 heavy (non-hydrogen) atoms. The summed E-state index contributed by atoms with van der Waals surface area (Å²) in [5.41, 5.74) is 0. The van der Waals surface area contributed by atoms with Crippen LogP contribution in [0.2, 0.25) is 0 Å². The van der Waals surface area contributed by atoms with E-state index >= 15 is 0 Å². The number of nitrogens with zero attached hydrogens (tertiary/aromatic N) is 2. The van der Waals surface area contributed by atoms with Crippen LogP contribution in [-0.2, 0) is 4.79 Å². The summed E-state index contributed by atoms with van der Waals surface area (Å²) >= 11 is 3.32. The van der Waals surface area contributed by atoms with Gasteiger partial charge in [0.05, 0.1) is 4.47 Å². The zero-order chi connectivity index (χ0) is 12.8. The Kier molecular flexibility index (Phi) is 5.34. The molecule has 1 atom stereocenters. The fourth-order valence-corrected chi connectivity index (χ4v) is 1.48. The van der Waals surface area contributed by atoms with Crippen molar-refractivity contribution in [3.63, 3.8) is 0 Å². The topological polar surface area (TPSA) is 66.9 Å². The van der Waals surface area contributed by atoms with Crippen molar-refractivity contribution in [2.45, 2.75) is 26.8 Å². The van der Waals surface area contributed by atoms with Crippen molar-refractivity contribution in [2.75, 3.05) is 11.9 Å². The molecule has 1 aromatic heterocycles. The highest BCUT2D eigenvalue weighted by atomic mass is 79.9. The Bertz CT molecular complexity index is 383. The fraction of sp³-hybridized carbons (Fsp3) is 0.545. The van der Waals surface area contributed by atoms with E-state index in [1.807, 2.05) is 0 Å². The minimum atomic E-state index is -0.333. The highest BCUT2D eigenvalue weighted by Crippen LogP contribution is 2.17. The first-order valence-corrected chi connectivity index (χ1v) is 6.29. The number of carbonyl (C=O) groups is 1. The minimum absolute atomic E-state index is 0.0378. The van der Waals surface area contributed by atoms with Gasteiger partial charge in [0.25, 0.3) is 0 Å². The van der Waals surface area contributed by atoms with Crippen molar-refractivity contribution < 1.29 is 4.79 Å². The van der Waals surface area contributed by atoms with Gasteiger partial charge in [-0.15, -0.1) is 0 Å². The number of amides is 1. The summed E-state index contributed by atoms with van der Waals surface area (Å²) in [6.45, 7) is 6.58. The van der Waals surface area contributed by atoms with Crippen LogP contribution >= 0.6 is 15.9 Å². The van der Waals surface area contributed by atoms with Crippen LogP contribution in [0.1, 0.15) is 20.8 Å². The quantitative estimate of drug-likeness (QED) is 0.870. The lowest BCUT2D eigenvalue weighted by molar-refractivity contribution is -0.121. The molecule has 0 aliphatic rings. The molecule has 0 aliphatic heterocycles. The Morgan fingerprint density at radius 3 is 2.76 bits per heavy atom. The van der Waals surface area contributed by atoms with Crippen LogP contribution in [0, 0.1) is 5.92 Å². The monoisotopic (exact) mass is 300 g/mol. The van der Waals surface area contributed by atoms with E-state index in [9.17, 15) is 4.79 Å². The maximum atomic E-state index is 11.7. The van der Waals surface area contributed by atoms with Gasteiger partial charge in [-0.3, -0.25) is 4.79 Å². The first-order valence-electron chi connectivity index (χ1n) is 5.50. The second-order valence-corrected chi connectivity index (χ2v) is 5.08. The predicted molar refractivity (Wildman–Crippen MR) is 70.7 cm³/mol. The number of carbonyl (C=O) groups excluding carboxylic acids is 1. The number of aromatic nitrogens is 2. The summed E-state index contributed by atoms with van der Waals surface area (Å²) in [6.07, 6.45) is 3.07. The molecule has 1 heterocycles. The molecule has 5 nitrogen and oxygen atoms in total. The van der Waals surface area contributed by atoms with Gasteiger partial charge >= 0.3 is 0 Å². The molecule has 0 saturated heterocycles. The van der Waals surface area contributed by atoms with Crippen molar-refractivity contribution in [1.82, 2.24) is 15.3 Å². The van der Waals surface area contributed by atoms with Crippen LogP contribution in [0.3, 0.4) is 0 Å². The van der Waals surface area contributed by atoms with Crippen molar-refractivity contribution in [3.05, 3.63) is 17.0 Å². The number of hydrogen-bond acceptors (Lipinski definition) is 4. The standard InChI is InChI=1S/C11H17BrN4O/c1-7(2)4-14-11(17)8(3)16-10-9(12)5-13-6-15-10/h5-8H,4H2,1-3H3,(H,14,17)(H,13,15,16). The number of nitrogens with one attached hydrogen (secondary N) is 2. The third-order valence-corrected chi connectivity index (χ3v) is 2.68. The lowest BCUT2D eigenvalue weighted by atomic mass is 10.2.